The molecule has 0 spiro atoms. The highest BCUT2D eigenvalue weighted by atomic mass is 16.6. The maximum absolute atomic E-state index is 12.3. The number of nitrogens with zero attached hydrogens (tertiary/aromatic N) is 1. The molecule has 0 saturated carbocycles. The van der Waals surface area contributed by atoms with Crippen molar-refractivity contribution < 1.29 is 14.8 Å². The van der Waals surface area contributed by atoms with Crippen LogP contribution >= 0.6 is 0 Å². The fourth-order valence-corrected chi connectivity index (χ4v) is 2.45. The largest absolute Gasteiger partial charge is 0.506 e. The number of fused-ring (bicyclic) bond motifs is 1. The van der Waals surface area contributed by atoms with Crippen molar-refractivity contribution in [1.29, 1.82) is 0 Å². The molecule has 0 atom stereocenters. The number of nitro benzene ring substituents is 1. The van der Waals surface area contributed by atoms with E-state index in [-0.39, 0.29) is 23.1 Å². The molecule has 3 rings (SSSR count). The Bertz CT molecular complexity index is 1030. The van der Waals surface area contributed by atoms with E-state index in [1.54, 1.807) is 24.3 Å². The Morgan fingerprint density at radius 3 is 2.60 bits per heavy atom. The number of benzene rings is 2. The van der Waals surface area contributed by atoms with Crippen molar-refractivity contribution in [2.45, 2.75) is 6.54 Å². The quantitative estimate of drug-likeness (QED) is 0.495. The maximum atomic E-state index is 12.3. The number of amides is 1. The van der Waals surface area contributed by atoms with E-state index in [1.165, 1.54) is 12.1 Å². The third-order valence-corrected chi connectivity index (χ3v) is 3.70. The molecular formula is C17H13N3O5. The molecule has 1 heterocycles. The molecule has 1 amide bonds. The maximum Gasteiger partial charge on any atom is 0.270 e. The van der Waals surface area contributed by atoms with Gasteiger partial charge in [0.2, 0.25) is 0 Å². The average molecular weight is 339 g/mol. The van der Waals surface area contributed by atoms with Crippen LogP contribution in [0, 0.1) is 10.1 Å². The lowest BCUT2D eigenvalue weighted by atomic mass is 10.1. The zero-order valence-corrected chi connectivity index (χ0v) is 12.9. The van der Waals surface area contributed by atoms with Crippen molar-refractivity contribution >= 4 is 22.5 Å². The van der Waals surface area contributed by atoms with Gasteiger partial charge in [0.15, 0.2) is 0 Å². The molecule has 0 radical (unpaired) electrons. The third-order valence-electron chi connectivity index (χ3n) is 3.70. The second-order valence-corrected chi connectivity index (χ2v) is 5.33. The summed E-state index contributed by atoms with van der Waals surface area (Å²) in [5, 5.41) is 23.7. The van der Waals surface area contributed by atoms with Crippen molar-refractivity contribution in [2.24, 2.45) is 0 Å². The van der Waals surface area contributed by atoms with E-state index >= 15 is 0 Å². The Morgan fingerprint density at radius 1 is 1.20 bits per heavy atom. The lowest BCUT2D eigenvalue weighted by Gasteiger charge is -2.08. The second kappa shape index (κ2) is 6.44. The number of pyridine rings is 1. The zero-order valence-electron chi connectivity index (χ0n) is 12.9. The van der Waals surface area contributed by atoms with Gasteiger partial charge < -0.3 is 15.4 Å². The van der Waals surface area contributed by atoms with Crippen molar-refractivity contribution in [2.75, 3.05) is 0 Å². The first-order chi connectivity index (χ1) is 12.0. The van der Waals surface area contributed by atoms with Gasteiger partial charge >= 0.3 is 0 Å². The molecule has 0 unspecified atom stereocenters. The van der Waals surface area contributed by atoms with Crippen LogP contribution in [-0.4, -0.2) is 20.9 Å². The topological polar surface area (TPSA) is 125 Å². The average Bonchev–Trinajstić information content (AvgIpc) is 2.60. The molecule has 0 aliphatic heterocycles. The predicted octanol–water partition coefficient (Wildman–Crippen LogP) is 2.07. The SMILES string of the molecule is O=C(NCc1ccccc1)c1c(O)c2cc([N+](=O)[O-])ccc2[nH]c1=O. The van der Waals surface area contributed by atoms with Crippen molar-refractivity contribution in [3.8, 4) is 5.75 Å². The Balaban J connectivity index is 1.98. The normalized spacial score (nSPS) is 10.6. The van der Waals surface area contributed by atoms with Gasteiger partial charge in [-0.1, -0.05) is 30.3 Å². The minimum atomic E-state index is -0.774. The monoisotopic (exact) mass is 339 g/mol. The van der Waals surface area contributed by atoms with Crippen LogP contribution in [0.5, 0.6) is 5.75 Å². The smallest absolute Gasteiger partial charge is 0.270 e. The number of nitro groups is 1. The molecule has 2 aromatic carbocycles. The van der Waals surface area contributed by atoms with Crippen LogP contribution < -0.4 is 10.9 Å². The molecule has 8 heteroatoms. The summed E-state index contributed by atoms with van der Waals surface area (Å²) in [7, 11) is 0. The fraction of sp³-hybridized carbons (Fsp3) is 0.0588. The lowest BCUT2D eigenvalue weighted by molar-refractivity contribution is -0.384. The molecule has 0 aliphatic rings. The van der Waals surface area contributed by atoms with E-state index in [1.807, 2.05) is 6.07 Å². The lowest BCUT2D eigenvalue weighted by Crippen LogP contribution is -2.29. The Kier molecular flexibility index (Phi) is 4.17. The van der Waals surface area contributed by atoms with E-state index in [2.05, 4.69) is 10.3 Å². The number of carbonyl (C=O) groups is 1. The summed E-state index contributed by atoms with van der Waals surface area (Å²) in [6.45, 7) is 0.172. The van der Waals surface area contributed by atoms with Crippen LogP contribution in [0.4, 0.5) is 5.69 Å². The van der Waals surface area contributed by atoms with Crippen LogP contribution in [0.3, 0.4) is 0 Å². The van der Waals surface area contributed by atoms with Crippen molar-refractivity contribution in [3.63, 3.8) is 0 Å². The molecule has 3 N–H and O–H groups in total. The second-order valence-electron chi connectivity index (χ2n) is 5.33. The summed E-state index contributed by atoms with van der Waals surface area (Å²) in [6, 6.07) is 12.7. The predicted molar refractivity (Wildman–Crippen MR) is 90.5 cm³/mol. The fourth-order valence-electron chi connectivity index (χ4n) is 2.45. The minimum Gasteiger partial charge on any atom is -0.506 e. The molecule has 1 aromatic heterocycles. The van der Waals surface area contributed by atoms with Gasteiger partial charge in [0.1, 0.15) is 11.3 Å². The number of carbonyl (C=O) groups excluding carboxylic acids is 1. The number of nitrogens with one attached hydrogen (secondary N) is 2. The van der Waals surface area contributed by atoms with E-state index in [9.17, 15) is 24.8 Å². The number of aromatic hydroxyl groups is 1. The summed E-state index contributed by atoms with van der Waals surface area (Å²) in [5.41, 5.74) is -0.491. The molecular weight excluding hydrogens is 326 g/mol. The number of aromatic amines is 1. The van der Waals surface area contributed by atoms with Crippen LogP contribution in [0.25, 0.3) is 10.9 Å². The van der Waals surface area contributed by atoms with Gasteiger partial charge in [-0.05, 0) is 11.6 Å². The van der Waals surface area contributed by atoms with Gasteiger partial charge in [-0.2, -0.15) is 0 Å². The number of H-pyrrole nitrogens is 1. The standard InChI is InChI=1S/C17H13N3O5/c21-15-12-8-11(20(24)25)6-7-13(12)19-17(23)14(15)16(22)18-9-10-4-2-1-3-5-10/h1-8H,9H2,(H,18,22)(H2,19,21,23). The highest BCUT2D eigenvalue weighted by Crippen LogP contribution is 2.28. The number of rotatable bonds is 4. The van der Waals surface area contributed by atoms with Crippen LogP contribution in [0.2, 0.25) is 0 Å². The number of non-ortho nitro benzene ring substituents is 1. The molecule has 0 fully saturated rings. The summed E-state index contributed by atoms with van der Waals surface area (Å²) in [4.78, 5) is 37.1. The Hall–Kier alpha value is -3.68. The van der Waals surface area contributed by atoms with Crippen LogP contribution in [0.1, 0.15) is 15.9 Å². The van der Waals surface area contributed by atoms with E-state index in [4.69, 9.17) is 0 Å². The number of aromatic nitrogens is 1. The molecule has 126 valence electrons. The number of hydrogen-bond donors (Lipinski definition) is 3. The van der Waals surface area contributed by atoms with Gasteiger partial charge in [-0.15, -0.1) is 0 Å². The third kappa shape index (κ3) is 3.18. The molecule has 0 saturated heterocycles. The van der Waals surface area contributed by atoms with Crippen LogP contribution in [0.15, 0.2) is 53.3 Å². The molecule has 25 heavy (non-hydrogen) atoms. The molecule has 8 nitrogen and oxygen atoms in total. The first-order valence-corrected chi connectivity index (χ1v) is 7.33. The summed E-state index contributed by atoms with van der Waals surface area (Å²) < 4.78 is 0. The summed E-state index contributed by atoms with van der Waals surface area (Å²) >= 11 is 0. The van der Waals surface area contributed by atoms with Gasteiger partial charge in [0.25, 0.3) is 17.2 Å². The van der Waals surface area contributed by atoms with Gasteiger partial charge in [0, 0.05) is 24.1 Å². The summed E-state index contributed by atoms with van der Waals surface area (Å²) in [6.07, 6.45) is 0. The van der Waals surface area contributed by atoms with Crippen molar-refractivity contribution in [3.05, 3.63) is 80.1 Å². The highest BCUT2D eigenvalue weighted by molar-refractivity contribution is 6.02. The van der Waals surface area contributed by atoms with E-state index in [0.29, 0.717) is 0 Å². The molecule has 3 aromatic rings. The number of hydrogen-bond acceptors (Lipinski definition) is 5. The highest BCUT2D eigenvalue weighted by Gasteiger charge is 2.20. The molecule has 0 bridgehead atoms. The minimum absolute atomic E-state index is 0.0265. The van der Waals surface area contributed by atoms with Gasteiger partial charge in [0.05, 0.1) is 10.4 Å². The Labute approximate surface area is 140 Å². The summed E-state index contributed by atoms with van der Waals surface area (Å²) in [5.74, 6) is -1.36. The molecule has 0 aliphatic carbocycles. The zero-order chi connectivity index (χ0) is 18.0. The Morgan fingerprint density at radius 2 is 1.92 bits per heavy atom. The first kappa shape index (κ1) is 16.2. The first-order valence-electron chi connectivity index (χ1n) is 7.33. The van der Waals surface area contributed by atoms with Crippen molar-refractivity contribution in [1.82, 2.24) is 10.3 Å². The van der Waals surface area contributed by atoms with Gasteiger partial charge in [-0.3, -0.25) is 19.7 Å². The van der Waals surface area contributed by atoms with E-state index in [0.717, 1.165) is 11.6 Å². The van der Waals surface area contributed by atoms with Crippen LogP contribution in [-0.2, 0) is 6.54 Å². The van der Waals surface area contributed by atoms with Gasteiger partial charge in [-0.25, -0.2) is 0 Å². The van der Waals surface area contributed by atoms with E-state index < -0.39 is 27.7 Å².